The summed E-state index contributed by atoms with van der Waals surface area (Å²) < 4.78 is 32.5. The Balaban J connectivity index is 0.00000342. The second-order valence-electron chi connectivity index (χ2n) is 7.90. The van der Waals surface area contributed by atoms with Gasteiger partial charge in [-0.3, -0.25) is 14.9 Å². The van der Waals surface area contributed by atoms with Gasteiger partial charge in [-0.2, -0.15) is 0 Å². The van der Waals surface area contributed by atoms with Crippen LogP contribution in [-0.4, -0.2) is 12.2 Å². The molecular weight excluding hydrogens is 478 g/mol. The molecule has 3 N–H and O–H groups in total. The molecule has 0 saturated carbocycles. The summed E-state index contributed by atoms with van der Waals surface area (Å²) in [4.78, 5) is 23.0. The van der Waals surface area contributed by atoms with Crippen molar-refractivity contribution in [3.63, 3.8) is 0 Å². The van der Waals surface area contributed by atoms with Crippen molar-refractivity contribution >= 4 is 23.8 Å². The van der Waals surface area contributed by atoms with Crippen LogP contribution in [0.3, 0.4) is 0 Å². The SMILES string of the molecule is COc1ccc(C(N[C@@H](C)c2ccc(F)c(F)c2)c2cccc(Nc3c(O)c(=O)c3=O)c2)cc1.Cl. The molecule has 9 heteroatoms. The van der Waals surface area contributed by atoms with Crippen molar-refractivity contribution in [3.8, 4) is 11.5 Å². The van der Waals surface area contributed by atoms with E-state index < -0.39 is 28.2 Å². The van der Waals surface area contributed by atoms with Crippen LogP contribution in [0.1, 0.15) is 35.7 Å². The lowest BCUT2D eigenvalue weighted by molar-refractivity contribution is 0.414. The van der Waals surface area contributed by atoms with Gasteiger partial charge in [0.1, 0.15) is 11.4 Å². The molecule has 182 valence electrons. The van der Waals surface area contributed by atoms with Crippen molar-refractivity contribution in [2.45, 2.75) is 19.0 Å². The Labute approximate surface area is 206 Å². The van der Waals surface area contributed by atoms with Crippen molar-refractivity contribution in [2.75, 3.05) is 12.4 Å². The Hall–Kier alpha value is -3.75. The van der Waals surface area contributed by atoms with Gasteiger partial charge in [-0.05, 0) is 60.0 Å². The van der Waals surface area contributed by atoms with Crippen LogP contribution in [0.25, 0.3) is 0 Å². The molecule has 1 unspecified atom stereocenters. The monoisotopic (exact) mass is 500 g/mol. The van der Waals surface area contributed by atoms with Crippen LogP contribution in [0.15, 0.2) is 76.3 Å². The molecule has 0 saturated heterocycles. The van der Waals surface area contributed by atoms with Crippen LogP contribution in [0.2, 0.25) is 0 Å². The first-order valence-corrected chi connectivity index (χ1v) is 10.5. The second-order valence-corrected chi connectivity index (χ2v) is 7.90. The smallest absolute Gasteiger partial charge is 0.271 e. The highest BCUT2D eigenvalue weighted by Crippen LogP contribution is 2.30. The van der Waals surface area contributed by atoms with Crippen molar-refractivity contribution < 1.29 is 18.6 Å². The molecule has 4 aromatic carbocycles. The summed E-state index contributed by atoms with van der Waals surface area (Å²) in [6.07, 6.45) is 0. The Morgan fingerprint density at radius 1 is 0.857 bits per heavy atom. The highest BCUT2D eigenvalue weighted by Gasteiger charge is 2.22. The van der Waals surface area contributed by atoms with Crippen LogP contribution in [-0.2, 0) is 0 Å². The number of halogens is 3. The average Bonchev–Trinajstić information content (AvgIpc) is 2.87. The fraction of sp³-hybridized carbons (Fsp3) is 0.154. The standard InChI is InChI=1S/C26H22F2N2O4.ClH/c1-14(16-8-11-20(27)21(28)13-16)29-22(15-6-9-19(34-2)10-7-15)17-4-3-5-18(12-17)30-23-24(31)26(33)25(23)32;/h3-14,22,29-31H,1-2H3;1H/t14-,22?;/m0./s1. The van der Waals surface area contributed by atoms with Crippen LogP contribution >= 0.6 is 12.4 Å². The molecule has 0 aromatic heterocycles. The quantitative estimate of drug-likeness (QED) is 0.299. The van der Waals surface area contributed by atoms with E-state index in [0.717, 1.165) is 23.3 Å². The summed E-state index contributed by atoms with van der Waals surface area (Å²) in [5.41, 5.74) is 0.899. The third kappa shape index (κ3) is 5.34. The highest BCUT2D eigenvalue weighted by molar-refractivity contribution is 5.85. The van der Waals surface area contributed by atoms with E-state index in [1.165, 1.54) is 6.07 Å². The second kappa shape index (κ2) is 10.7. The van der Waals surface area contributed by atoms with Crippen molar-refractivity contribution in [2.24, 2.45) is 0 Å². The summed E-state index contributed by atoms with van der Waals surface area (Å²) in [6, 6.07) is 17.5. The van der Waals surface area contributed by atoms with Crippen molar-refractivity contribution in [1.29, 1.82) is 0 Å². The molecule has 0 heterocycles. The predicted molar refractivity (Wildman–Crippen MR) is 133 cm³/mol. The van der Waals surface area contributed by atoms with E-state index in [2.05, 4.69) is 10.6 Å². The third-order valence-corrected chi connectivity index (χ3v) is 5.68. The topological polar surface area (TPSA) is 87.7 Å². The molecule has 0 fully saturated rings. The first-order chi connectivity index (χ1) is 16.3. The summed E-state index contributed by atoms with van der Waals surface area (Å²) >= 11 is 0. The molecule has 0 spiro atoms. The fourth-order valence-corrected chi connectivity index (χ4v) is 3.75. The van der Waals surface area contributed by atoms with Gasteiger partial charge in [0.05, 0.1) is 13.2 Å². The molecule has 0 aliphatic carbocycles. The van der Waals surface area contributed by atoms with Crippen LogP contribution in [0.5, 0.6) is 11.5 Å². The van der Waals surface area contributed by atoms with Gasteiger partial charge < -0.3 is 15.2 Å². The first kappa shape index (κ1) is 25.9. The van der Waals surface area contributed by atoms with Gasteiger partial charge >= 0.3 is 0 Å². The lowest BCUT2D eigenvalue weighted by Gasteiger charge is -2.25. The molecule has 0 aliphatic rings. The number of methoxy groups -OCH3 is 1. The van der Waals surface area contributed by atoms with E-state index in [1.54, 1.807) is 25.3 Å². The van der Waals surface area contributed by atoms with Crippen LogP contribution in [0.4, 0.5) is 20.2 Å². The summed E-state index contributed by atoms with van der Waals surface area (Å²) in [7, 11) is 1.57. The van der Waals surface area contributed by atoms with E-state index in [9.17, 15) is 23.5 Å². The Kier molecular flexibility index (Phi) is 7.89. The minimum absolute atomic E-state index is 0. The minimum atomic E-state index is -0.925. The maximum atomic E-state index is 13.8. The number of hydrogen-bond acceptors (Lipinski definition) is 6. The van der Waals surface area contributed by atoms with E-state index >= 15 is 0 Å². The number of anilines is 2. The zero-order valence-electron chi connectivity index (χ0n) is 18.8. The van der Waals surface area contributed by atoms with E-state index in [0.29, 0.717) is 17.0 Å². The maximum absolute atomic E-state index is 13.8. The molecule has 0 bridgehead atoms. The minimum Gasteiger partial charge on any atom is -0.502 e. The fourth-order valence-electron chi connectivity index (χ4n) is 3.75. The number of benzene rings is 3. The van der Waals surface area contributed by atoms with Crippen molar-refractivity contribution in [1.82, 2.24) is 5.32 Å². The average molecular weight is 501 g/mol. The van der Waals surface area contributed by atoms with Gasteiger partial charge in [-0.15, -0.1) is 12.4 Å². The molecule has 35 heavy (non-hydrogen) atoms. The van der Waals surface area contributed by atoms with E-state index in [1.807, 2.05) is 37.3 Å². The lowest BCUT2D eigenvalue weighted by atomic mass is 9.96. The molecule has 2 atom stereocenters. The van der Waals surface area contributed by atoms with Gasteiger partial charge in [0.25, 0.3) is 10.9 Å². The number of ether oxygens (including phenoxy) is 1. The van der Waals surface area contributed by atoms with Gasteiger partial charge in [-0.1, -0.05) is 30.3 Å². The summed E-state index contributed by atoms with van der Waals surface area (Å²) in [6.45, 7) is 1.84. The predicted octanol–water partition coefficient (Wildman–Crippen LogP) is 4.88. The number of aromatic hydroxyl groups is 1. The zero-order chi connectivity index (χ0) is 24.4. The molecule has 0 radical (unpaired) electrons. The first-order valence-electron chi connectivity index (χ1n) is 10.5. The normalized spacial score (nSPS) is 12.6. The molecule has 0 amide bonds. The number of nitrogens with one attached hydrogen (secondary N) is 2. The van der Waals surface area contributed by atoms with Crippen LogP contribution < -0.4 is 26.2 Å². The highest BCUT2D eigenvalue weighted by atomic mass is 35.5. The maximum Gasteiger partial charge on any atom is 0.271 e. The van der Waals surface area contributed by atoms with Gasteiger partial charge in [0, 0.05) is 11.7 Å². The van der Waals surface area contributed by atoms with E-state index in [4.69, 9.17) is 4.74 Å². The largest absolute Gasteiger partial charge is 0.502 e. The third-order valence-electron chi connectivity index (χ3n) is 5.68. The number of rotatable bonds is 8. The van der Waals surface area contributed by atoms with Gasteiger partial charge in [-0.25, -0.2) is 8.78 Å². The molecule has 0 aliphatic heterocycles. The summed E-state index contributed by atoms with van der Waals surface area (Å²) in [5, 5.41) is 15.9. The summed E-state index contributed by atoms with van der Waals surface area (Å²) in [5.74, 6) is -1.75. The van der Waals surface area contributed by atoms with Crippen molar-refractivity contribution in [3.05, 3.63) is 116 Å². The Morgan fingerprint density at radius 2 is 1.54 bits per heavy atom. The zero-order valence-corrected chi connectivity index (χ0v) is 19.7. The lowest BCUT2D eigenvalue weighted by Crippen LogP contribution is -2.32. The number of hydrogen-bond donors (Lipinski definition) is 3. The van der Waals surface area contributed by atoms with Gasteiger partial charge in [0.15, 0.2) is 17.4 Å². The Bertz CT molecular complexity index is 1400. The van der Waals surface area contributed by atoms with Crippen LogP contribution in [0, 0.1) is 11.6 Å². The molecule has 6 nitrogen and oxygen atoms in total. The molecular formula is C26H23ClF2N2O4. The Morgan fingerprint density at radius 3 is 2.17 bits per heavy atom. The van der Waals surface area contributed by atoms with E-state index in [-0.39, 0.29) is 30.2 Å². The van der Waals surface area contributed by atoms with Gasteiger partial charge in [0.2, 0.25) is 0 Å². The molecule has 4 aromatic rings. The molecule has 4 rings (SSSR count).